The Bertz CT molecular complexity index is 956. The van der Waals surface area contributed by atoms with Crippen LogP contribution in [0.2, 0.25) is 0 Å². The predicted molar refractivity (Wildman–Crippen MR) is 121 cm³/mol. The second-order valence-corrected chi connectivity index (χ2v) is 8.22. The van der Waals surface area contributed by atoms with Gasteiger partial charge in [0, 0.05) is 24.5 Å². The highest BCUT2D eigenvalue weighted by Crippen LogP contribution is 2.38. The van der Waals surface area contributed by atoms with Crippen molar-refractivity contribution in [2.24, 2.45) is 0 Å². The molecule has 0 aromatic heterocycles. The van der Waals surface area contributed by atoms with Crippen molar-refractivity contribution in [3.63, 3.8) is 0 Å². The average molecular weight is 442 g/mol. The lowest BCUT2D eigenvalue weighted by atomic mass is 10.00. The van der Waals surface area contributed by atoms with Gasteiger partial charge in [0.15, 0.2) is 0 Å². The number of rotatable bonds is 8. The summed E-state index contributed by atoms with van der Waals surface area (Å²) < 4.78 is 16.4. The van der Waals surface area contributed by atoms with Gasteiger partial charge in [-0.05, 0) is 42.8 Å². The Morgan fingerprint density at radius 3 is 2.81 bits per heavy atom. The molecule has 0 bridgehead atoms. The third-order valence-electron chi connectivity index (χ3n) is 5.96. The highest BCUT2D eigenvalue weighted by Gasteiger charge is 2.40. The number of amides is 2. The molecule has 8 nitrogen and oxygen atoms in total. The van der Waals surface area contributed by atoms with Crippen molar-refractivity contribution >= 4 is 22.8 Å². The molecular formula is C24H31N3O5. The van der Waals surface area contributed by atoms with Gasteiger partial charge < -0.3 is 29.7 Å². The minimum atomic E-state index is -0.487. The van der Waals surface area contributed by atoms with Crippen LogP contribution >= 0.6 is 0 Å². The molecule has 1 heterocycles. The van der Waals surface area contributed by atoms with E-state index in [0.29, 0.717) is 26.3 Å². The minimum Gasteiger partial charge on any atom is -0.491 e. The highest BCUT2D eigenvalue weighted by atomic mass is 16.5. The summed E-state index contributed by atoms with van der Waals surface area (Å²) in [5, 5.41) is 7.91. The fourth-order valence-electron chi connectivity index (χ4n) is 4.14. The maximum Gasteiger partial charge on any atom is 0.406 e. The van der Waals surface area contributed by atoms with Crippen LogP contribution < -0.4 is 15.4 Å². The Morgan fingerprint density at radius 2 is 2.09 bits per heavy atom. The maximum atomic E-state index is 13.3. The molecule has 1 saturated carbocycles. The Balaban J connectivity index is 1.56. The molecule has 1 aliphatic heterocycles. The first kappa shape index (κ1) is 22.4. The number of ether oxygens (including phenoxy) is 3. The SMILES string of the molecule is COC(=O)NCCOc1cc([C@@H](C)N(C(=O)[C@H]2CNCCO2)C2CC2)cc2ccccc12. The van der Waals surface area contributed by atoms with Crippen LogP contribution in [0.5, 0.6) is 5.75 Å². The smallest absolute Gasteiger partial charge is 0.406 e. The lowest BCUT2D eigenvalue weighted by Gasteiger charge is -2.34. The van der Waals surface area contributed by atoms with Crippen LogP contribution in [-0.4, -0.2) is 69.0 Å². The molecule has 0 spiro atoms. The van der Waals surface area contributed by atoms with Crippen molar-refractivity contribution in [2.75, 3.05) is 40.0 Å². The summed E-state index contributed by atoms with van der Waals surface area (Å²) in [5.74, 6) is 0.778. The summed E-state index contributed by atoms with van der Waals surface area (Å²) in [6, 6.07) is 12.3. The molecule has 172 valence electrons. The van der Waals surface area contributed by atoms with E-state index in [2.05, 4.69) is 28.4 Å². The molecule has 2 atom stereocenters. The standard InChI is InChI=1S/C24H31N3O5/c1-16(27(19-7-8-19)23(28)22-15-25-9-11-32-22)18-13-17-5-3-4-6-20(17)21(14-18)31-12-10-26-24(29)30-2/h3-6,13-14,16,19,22,25H,7-12,15H2,1-2H3,(H,26,29)/t16-,22-/m1/s1. The van der Waals surface area contributed by atoms with Crippen LogP contribution in [0.4, 0.5) is 4.79 Å². The second kappa shape index (κ2) is 10.2. The lowest BCUT2D eigenvalue weighted by molar-refractivity contribution is -0.148. The van der Waals surface area contributed by atoms with Gasteiger partial charge in [0.2, 0.25) is 0 Å². The molecule has 4 rings (SSSR count). The number of nitrogens with one attached hydrogen (secondary N) is 2. The minimum absolute atomic E-state index is 0.0464. The van der Waals surface area contributed by atoms with Crippen LogP contribution in [-0.2, 0) is 14.3 Å². The summed E-state index contributed by atoms with van der Waals surface area (Å²) in [6.07, 6.45) is 1.12. The molecular weight excluding hydrogens is 410 g/mol. The van der Waals surface area contributed by atoms with Crippen LogP contribution in [0, 0.1) is 0 Å². The summed E-state index contributed by atoms with van der Waals surface area (Å²) >= 11 is 0. The van der Waals surface area contributed by atoms with Gasteiger partial charge in [-0.1, -0.05) is 24.3 Å². The number of nitrogens with zero attached hydrogens (tertiary/aromatic N) is 1. The maximum absolute atomic E-state index is 13.3. The summed E-state index contributed by atoms with van der Waals surface area (Å²) in [5.41, 5.74) is 1.02. The molecule has 2 amide bonds. The molecule has 2 N–H and O–H groups in total. The lowest BCUT2D eigenvalue weighted by Crippen LogP contribution is -2.50. The molecule has 0 unspecified atom stereocenters. The van der Waals surface area contributed by atoms with Crippen molar-refractivity contribution < 1.29 is 23.8 Å². The molecule has 1 saturated heterocycles. The summed E-state index contributed by atoms with van der Waals surface area (Å²) in [6.45, 7) is 4.59. The Hall–Kier alpha value is -2.84. The van der Waals surface area contributed by atoms with Crippen LogP contribution in [0.3, 0.4) is 0 Å². The average Bonchev–Trinajstić information content (AvgIpc) is 3.67. The van der Waals surface area contributed by atoms with E-state index in [1.54, 1.807) is 0 Å². The van der Waals surface area contributed by atoms with E-state index in [4.69, 9.17) is 9.47 Å². The van der Waals surface area contributed by atoms with E-state index in [-0.39, 0.29) is 18.0 Å². The number of morpholine rings is 1. The molecule has 1 aliphatic carbocycles. The van der Waals surface area contributed by atoms with E-state index < -0.39 is 12.2 Å². The third kappa shape index (κ3) is 5.14. The van der Waals surface area contributed by atoms with Crippen molar-refractivity contribution in [3.05, 3.63) is 42.0 Å². The molecule has 2 fully saturated rings. The van der Waals surface area contributed by atoms with E-state index in [9.17, 15) is 9.59 Å². The largest absolute Gasteiger partial charge is 0.491 e. The zero-order chi connectivity index (χ0) is 22.5. The van der Waals surface area contributed by atoms with Gasteiger partial charge in [-0.2, -0.15) is 0 Å². The molecule has 8 heteroatoms. The van der Waals surface area contributed by atoms with Crippen molar-refractivity contribution in [1.29, 1.82) is 0 Å². The summed E-state index contributed by atoms with van der Waals surface area (Å²) in [4.78, 5) is 26.6. The number of methoxy groups -OCH3 is 1. The van der Waals surface area contributed by atoms with Gasteiger partial charge in [0.05, 0.1) is 26.3 Å². The van der Waals surface area contributed by atoms with Crippen molar-refractivity contribution in [1.82, 2.24) is 15.5 Å². The molecule has 32 heavy (non-hydrogen) atoms. The van der Waals surface area contributed by atoms with Crippen LogP contribution in [0.15, 0.2) is 36.4 Å². The number of fused-ring (bicyclic) bond motifs is 1. The van der Waals surface area contributed by atoms with Crippen LogP contribution in [0.25, 0.3) is 10.8 Å². The first-order valence-electron chi connectivity index (χ1n) is 11.2. The van der Waals surface area contributed by atoms with Gasteiger partial charge in [-0.25, -0.2) is 4.79 Å². The van der Waals surface area contributed by atoms with Gasteiger partial charge in [0.1, 0.15) is 18.5 Å². The van der Waals surface area contributed by atoms with Gasteiger partial charge >= 0.3 is 6.09 Å². The van der Waals surface area contributed by atoms with Gasteiger partial charge in [-0.3, -0.25) is 4.79 Å². The number of carbonyl (C=O) groups is 2. The third-order valence-corrected chi connectivity index (χ3v) is 5.96. The van der Waals surface area contributed by atoms with Crippen molar-refractivity contribution in [2.45, 2.75) is 38.0 Å². The van der Waals surface area contributed by atoms with E-state index >= 15 is 0 Å². The predicted octanol–water partition coefficient (Wildman–Crippen LogP) is 2.62. The number of benzene rings is 2. The number of hydrogen-bond acceptors (Lipinski definition) is 6. The Labute approximate surface area is 188 Å². The highest BCUT2D eigenvalue weighted by molar-refractivity contribution is 5.89. The number of hydrogen-bond donors (Lipinski definition) is 2. The normalized spacial score (nSPS) is 19.2. The molecule has 0 radical (unpaired) electrons. The Morgan fingerprint density at radius 1 is 1.28 bits per heavy atom. The molecule has 2 aliphatic rings. The number of alkyl carbamates (subject to hydrolysis) is 1. The van der Waals surface area contributed by atoms with Crippen molar-refractivity contribution in [3.8, 4) is 5.75 Å². The Kier molecular flexibility index (Phi) is 7.12. The second-order valence-electron chi connectivity index (χ2n) is 8.22. The van der Waals surface area contributed by atoms with Gasteiger partial charge in [-0.15, -0.1) is 0 Å². The first-order chi connectivity index (χ1) is 15.6. The zero-order valence-corrected chi connectivity index (χ0v) is 18.6. The van der Waals surface area contributed by atoms with E-state index in [1.807, 2.05) is 35.2 Å². The van der Waals surface area contributed by atoms with Crippen LogP contribution in [0.1, 0.15) is 31.4 Å². The fourth-order valence-corrected chi connectivity index (χ4v) is 4.14. The zero-order valence-electron chi connectivity index (χ0n) is 18.6. The first-order valence-corrected chi connectivity index (χ1v) is 11.2. The quantitative estimate of drug-likeness (QED) is 0.613. The summed E-state index contributed by atoms with van der Waals surface area (Å²) in [7, 11) is 1.33. The molecule has 2 aromatic rings. The van der Waals surface area contributed by atoms with E-state index in [1.165, 1.54) is 7.11 Å². The topological polar surface area (TPSA) is 89.1 Å². The molecule has 2 aromatic carbocycles. The monoisotopic (exact) mass is 441 g/mol. The van der Waals surface area contributed by atoms with Gasteiger partial charge in [0.25, 0.3) is 5.91 Å². The number of carbonyl (C=O) groups excluding carboxylic acids is 2. The fraction of sp³-hybridized carbons (Fsp3) is 0.500. The van der Waals surface area contributed by atoms with E-state index in [0.717, 1.165) is 41.5 Å².